The highest BCUT2D eigenvalue weighted by atomic mass is 32.2. The van der Waals surface area contributed by atoms with Gasteiger partial charge in [-0.05, 0) is 55.8 Å². The van der Waals surface area contributed by atoms with Crippen LogP contribution in [0.4, 0.5) is 0 Å². The van der Waals surface area contributed by atoms with E-state index in [4.69, 9.17) is 9.05 Å². The molecule has 2 aromatic rings. The van der Waals surface area contributed by atoms with Crippen molar-refractivity contribution < 1.29 is 27.1 Å². The Bertz CT molecular complexity index is 834. The molecule has 0 fully saturated rings. The second-order valence-corrected chi connectivity index (χ2v) is 9.25. The third-order valence-corrected chi connectivity index (χ3v) is 7.25. The Hall–Kier alpha value is -1.66. The molecule has 2 aromatic carbocycles. The summed E-state index contributed by atoms with van der Waals surface area (Å²) in [7, 11) is -6.92. The quantitative estimate of drug-likeness (QED) is 0.692. The number of hydrogen-bond acceptors (Lipinski definition) is 6. The van der Waals surface area contributed by atoms with Crippen LogP contribution in [-0.2, 0) is 29.6 Å². The van der Waals surface area contributed by atoms with Crippen LogP contribution >= 0.6 is 7.60 Å². The van der Waals surface area contributed by atoms with E-state index in [2.05, 4.69) is 0 Å². The van der Waals surface area contributed by atoms with E-state index in [1.165, 1.54) is 36.4 Å². The molecule has 0 aliphatic carbocycles. The lowest BCUT2D eigenvalue weighted by Crippen LogP contribution is -2.03. The van der Waals surface area contributed by atoms with Gasteiger partial charge in [0.05, 0.1) is 29.2 Å². The van der Waals surface area contributed by atoms with Crippen molar-refractivity contribution in [3.05, 3.63) is 54.1 Å². The zero-order chi connectivity index (χ0) is 18.5. The van der Waals surface area contributed by atoms with E-state index in [1.807, 2.05) is 0 Å². The summed E-state index contributed by atoms with van der Waals surface area (Å²) in [5.41, 5.74) is 0.662. The van der Waals surface area contributed by atoms with Gasteiger partial charge in [-0.3, -0.25) is 4.57 Å². The summed E-state index contributed by atoms with van der Waals surface area (Å²) in [5.74, 6) is -0.00287. The Kier molecular flexibility index (Phi) is 6.41. The first kappa shape index (κ1) is 19.7. The number of rotatable bonds is 8. The van der Waals surface area contributed by atoms with E-state index in [-0.39, 0.29) is 34.9 Å². The van der Waals surface area contributed by atoms with Crippen LogP contribution in [0.25, 0.3) is 0 Å². The molecule has 1 N–H and O–H groups in total. The number of benzene rings is 2. The molecule has 0 amide bonds. The van der Waals surface area contributed by atoms with Crippen LogP contribution in [0.15, 0.2) is 58.3 Å². The van der Waals surface area contributed by atoms with Gasteiger partial charge in [-0.2, -0.15) is 0 Å². The van der Waals surface area contributed by atoms with E-state index >= 15 is 0 Å². The summed E-state index contributed by atoms with van der Waals surface area (Å²) in [6, 6.07) is 11.4. The Morgan fingerprint density at radius 2 is 1.32 bits per heavy atom. The predicted molar refractivity (Wildman–Crippen MR) is 94.6 cm³/mol. The summed E-state index contributed by atoms with van der Waals surface area (Å²) in [6.45, 7) is 4.01. The van der Waals surface area contributed by atoms with Crippen LogP contribution in [-0.4, -0.2) is 26.7 Å². The molecule has 0 radical (unpaired) electrons. The molecule has 0 saturated heterocycles. The van der Waals surface area contributed by atoms with Crippen LogP contribution < -0.4 is 0 Å². The van der Waals surface area contributed by atoms with Crippen molar-refractivity contribution in [2.24, 2.45) is 0 Å². The van der Waals surface area contributed by atoms with Gasteiger partial charge >= 0.3 is 7.60 Å². The predicted octanol–water partition coefficient (Wildman–Crippen LogP) is 3.99. The van der Waals surface area contributed by atoms with Gasteiger partial charge in [-0.1, -0.05) is 12.1 Å². The molecule has 6 nitrogen and oxygen atoms in total. The lowest BCUT2D eigenvalue weighted by atomic mass is 10.2. The first-order chi connectivity index (χ1) is 11.8. The molecular formula is C17H21O6PS. The van der Waals surface area contributed by atoms with Crippen LogP contribution in [0.2, 0.25) is 0 Å². The van der Waals surface area contributed by atoms with E-state index in [1.54, 1.807) is 26.0 Å². The lowest BCUT2D eigenvalue weighted by molar-refractivity contribution is 0.219. The standard InChI is InChI=1S/C17H21O6PS/c1-3-22-24(19,23-4-2)13-14-5-9-16(10-6-14)25(20,21)17-11-7-15(18)8-12-17/h5-12,18H,3-4,13H2,1-2H3. The molecule has 0 aliphatic heterocycles. The van der Waals surface area contributed by atoms with Gasteiger partial charge in [-0.25, -0.2) is 8.42 Å². The average molecular weight is 384 g/mol. The second-order valence-electron chi connectivity index (χ2n) is 5.25. The van der Waals surface area contributed by atoms with Gasteiger partial charge in [0.25, 0.3) is 0 Å². The molecule has 2 rings (SSSR count). The fourth-order valence-corrected chi connectivity index (χ4v) is 5.24. The zero-order valence-corrected chi connectivity index (χ0v) is 15.8. The molecule has 136 valence electrons. The Balaban J connectivity index is 2.24. The first-order valence-electron chi connectivity index (χ1n) is 7.82. The number of phenolic OH excluding ortho intramolecular Hbond substituents is 1. The van der Waals surface area contributed by atoms with Crippen LogP contribution in [0, 0.1) is 0 Å². The molecule has 0 saturated carbocycles. The van der Waals surface area contributed by atoms with Crippen LogP contribution in [0.3, 0.4) is 0 Å². The second kappa shape index (κ2) is 8.15. The SMILES string of the molecule is CCOP(=O)(Cc1ccc(S(=O)(=O)c2ccc(O)cc2)cc1)OCC. The largest absolute Gasteiger partial charge is 0.508 e. The van der Waals surface area contributed by atoms with Crippen LogP contribution in [0.5, 0.6) is 5.75 Å². The van der Waals surface area contributed by atoms with Crippen molar-refractivity contribution in [2.45, 2.75) is 29.8 Å². The topological polar surface area (TPSA) is 89.9 Å². The maximum absolute atomic E-state index is 12.6. The number of phenols is 1. The van der Waals surface area contributed by atoms with Gasteiger partial charge in [0.1, 0.15) is 5.75 Å². The molecular weight excluding hydrogens is 363 g/mol. The van der Waals surface area contributed by atoms with Gasteiger partial charge < -0.3 is 14.2 Å². The third kappa shape index (κ3) is 4.92. The normalized spacial score (nSPS) is 12.2. The Morgan fingerprint density at radius 3 is 1.76 bits per heavy atom. The monoisotopic (exact) mass is 384 g/mol. The zero-order valence-electron chi connectivity index (χ0n) is 14.1. The summed E-state index contributed by atoms with van der Waals surface area (Å²) in [4.78, 5) is 0.206. The fraction of sp³-hybridized carbons (Fsp3) is 0.294. The lowest BCUT2D eigenvalue weighted by Gasteiger charge is -2.17. The van der Waals surface area contributed by atoms with Gasteiger partial charge in [0.15, 0.2) is 0 Å². The van der Waals surface area contributed by atoms with E-state index in [9.17, 15) is 18.1 Å². The molecule has 0 atom stereocenters. The van der Waals surface area contributed by atoms with Crippen molar-refractivity contribution in [1.29, 1.82) is 0 Å². The maximum Gasteiger partial charge on any atom is 0.335 e. The highest BCUT2D eigenvalue weighted by Gasteiger charge is 2.24. The molecule has 8 heteroatoms. The van der Waals surface area contributed by atoms with Crippen molar-refractivity contribution >= 4 is 17.4 Å². The first-order valence-corrected chi connectivity index (χ1v) is 11.0. The highest BCUT2D eigenvalue weighted by Crippen LogP contribution is 2.51. The van der Waals surface area contributed by atoms with E-state index < -0.39 is 17.4 Å². The smallest absolute Gasteiger partial charge is 0.335 e. The number of sulfone groups is 1. The van der Waals surface area contributed by atoms with E-state index in [0.29, 0.717) is 5.56 Å². The summed E-state index contributed by atoms with van der Waals surface area (Å²) in [6.07, 6.45) is 0.0776. The molecule has 0 unspecified atom stereocenters. The van der Waals surface area contributed by atoms with Crippen molar-refractivity contribution in [3.63, 3.8) is 0 Å². The Labute approximate surface area is 147 Å². The number of hydrogen-bond donors (Lipinski definition) is 1. The minimum atomic E-state index is -3.68. The molecule has 0 spiro atoms. The Morgan fingerprint density at radius 1 is 0.880 bits per heavy atom. The fourth-order valence-electron chi connectivity index (χ4n) is 2.28. The van der Waals surface area contributed by atoms with Crippen molar-refractivity contribution in [1.82, 2.24) is 0 Å². The van der Waals surface area contributed by atoms with E-state index in [0.717, 1.165) is 0 Å². The van der Waals surface area contributed by atoms with Gasteiger partial charge in [-0.15, -0.1) is 0 Å². The number of aromatic hydroxyl groups is 1. The van der Waals surface area contributed by atoms with Gasteiger partial charge in [0.2, 0.25) is 9.84 Å². The summed E-state index contributed by atoms with van der Waals surface area (Å²) >= 11 is 0. The van der Waals surface area contributed by atoms with Crippen LogP contribution in [0.1, 0.15) is 19.4 Å². The average Bonchev–Trinajstić information content (AvgIpc) is 2.56. The van der Waals surface area contributed by atoms with Gasteiger partial charge in [0, 0.05) is 0 Å². The molecule has 0 aliphatic rings. The highest BCUT2D eigenvalue weighted by molar-refractivity contribution is 7.91. The minimum Gasteiger partial charge on any atom is -0.508 e. The molecule has 25 heavy (non-hydrogen) atoms. The third-order valence-electron chi connectivity index (χ3n) is 3.41. The van der Waals surface area contributed by atoms with Crippen molar-refractivity contribution in [3.8, 4) is 5.75 Å². The van der Waals surface area contributed by atoms with Crippen molar-refractivity contribution in [2.75, 3.05) is 13.2 Å². The maximum atomic E-state index is 12.6. The molecule has 0 bridgehead atoms. The minimum absolute atomic E-state index is 0.00287. The molecule has 0 heterocycles. The molecule has 0 aromatic heterocycles. The summed E-state index contributed by atoms with van der Waals surface area (Å²) in [5, 5.41) is 9.28. The summed E-state index contributed by atoms with van der Waals surface area (Å²) < 4.78 is 48.1.